The van der Waals surface area contributed by atoms with Crippen LogP contribution in [0.5, 0.6) is 0 Å². The first-order valence-corrected chi connectivity index (χ1v) is 5.10. The van der Waals surface area contributed by atoms with Gasteiger partial charge in [-0.25, -0.2) is 0 Å². The molecule has 0 spiro atoms. The summed E-state index contributed by atoms with van der Waals surface area (Å²) in [6.07, 6.45) is 0. The van der Waals surface area contributed by atoms with Crippen LogP contribution in [0.4, 0.5) is 5.13 Å². The van der Waals surface area contributed by atoms with Crippen molar-refractivity contribution < 1.29 is 0 Å². The van der Waals surface area contributed by atoms with Gasteiger partial charge >= 0.3 is 0 Å². The Labute approximate surface area is 86.1 Å². The van der Waals surface area contributed by atoms with Gasteiger partial charge < -0.3 is 5.32 Å². The van der Waals surface area contributed by atoms with E-state index in [2.05, 4.69) is 39.2 Å². The van der Waals surface area contributed by atoms with Gasteiger partial charge in [-0.05, 0) is 17.7 Å². The fraction of sp³-hybridized carbons (Fsp3) is 0.222. The molecule has 0 fully saturated rings. The Morgan fingerprint density at radius 3 is 2.71 bits per heavy atom. The van der Waals surface area contributed by atoms with Gasteiger partial charge in [0.15, 0.2) is 0 Å². The third-order valence-corrected chi connectivity index (χ3v) is 2.47. The van der Waals surface area contributed by atoms with Crippen LogP contribution in [-0.2, 0) is 0 Å². The van der Waals surface area contributed by atoms with Gasteiger partial charge in [-0.3, -0.25) is 0 Å². The van der Waals surface area contributed by atoms with E-state index in [-0.39, 0.29) is 6.04 Å². The van der Waals surface area contributed by atoms with Crippen LogP contribution < -0.4 is 5.32 Å². The quantitative estimate of drug-likeness (QED) is 0.835. The zero-order valence-electron chi connectivity index (χ0n) is 7.71. The average Bonchev–Trinajstić information content (AvgIpc) is 2.72. The molecule has 72 valence electrons. The van der Waals surface area contributed by atoms with Crippen LogP contribution in [0, 0.1) is 0 Å². The number of rotatable bonds is 3. The standard InChI is InChI=1S/C9H10N4S/c1-7(8-5-3-2-4-6-8)10-9-11-12-13-14-9/h2-7H,1H3,(H,10,11,13). The van der Waals surface area contributed by atoms with Crippen LogP contribution in [0.25, 0.3) is 0 Å². The largest absolute Gasteiger partial charge is 0.352 e. The molecule has 0 aliphatic rings. The molecule has 2 rings (SSSR count). The lowest BCUT2D eigenvalue weighted by Gasteiger charge is -2.11. The molecule has 0 aliphatic carbocycles. The summed E-state index contributed by atoms with van der Waals surface area (Å²) >= 11 is 1.26. The number of nitrogens with zero attached hydrogens (tertiary/aromatic N) is 3. The summed E-state index contributed by atoms with van der Waals surface area (Å²) in [4.78, 5) is 0. The van der Waals surface area contributed by atoms with Crippen LogP contribution in [0.1, 0.15) is 18.5 Å². The second kappa shape index (κ2) is 4.15. The van der Waals surface area contributed by atoms with E-state index in [1.807, 2.05) is 18.2 Å². The van der Waals surface area contributed by atoms with Gasteiger partial charge in [-0.2, -0.15) is 0 Å². The normalized spacial score (nSPS) is 12.4. The van der Waals surface area contributed by atoms with Crippen molar-refractivity contribution in [2.75, 3.05) is 5.32 Å². The third-order valence-electron chi connectivity index (χ3n) is 1.94. The van der Waals surface area contributed by atoms with Crippen molar-refractivity contribution in [1.29, 1.82) is 0 Å². The zero-order valence-corrected chi connectivity index (χ0v) is 8.53. The third kappa shape index (κ3) is 2.05. The van der Waals surface area contributed by atoms with Crippen molar-refractivity contribution in [3.63, 3.8) is 0 Å². The zero-order chi connectivity index (χ0) is 9.80. The highest BCUT2D eigenvalue weighted by molar-refractivity contribution is 7.09. The first kappa shape index (κ1) is 9.08. The van der Waals surface area contributed by atoms with Gasteiger partial charge in [0.05, 0.1) is 6.04 Å². The predicted molar refractivity (Wildman–Crippen MR) is 56.2 cm³/mol. The average molecular weight is 206 g/mol. The molecule has 1 aromatic heterocycles. The van der Waals surface area contributed by atoms with E-state index in [1.54, 1.807) is 0 Å². The van der Waals surface area contributed by atoms with Crippen molar-refractivity contribution >= 4 is 16.7 Å². The minimum atomic E-state index is 0.228. The highest BCUT2D eigenvalue weighted by Gasteiger charge is 2.06. The maximum atomic E-state index is 3.83. The molecule has 0 aliphatic heterocycles. The molecule has 1 atom stereocenters. The SMILES string of the molecule is CC(Nc1nnns1)c1ccccc1. The fourth-order valence-corrected chi connectivity index (χ4v) is 1.65. The Balaban J connectivity index is 2.07. The first-order valence-electron chi connectivity index (χ1n) is 4.33. The van der Waals surface area contributed by atoms with E-state index in [4.69, 9.17) is 0 Å². The van der Waals surface area contributed by atoms with E-state index in [1.165, 1.54) is 17.1 Å². The summed E-state index contributed by atoms with van der Waals surface area (Å²) in [7, 11) is 0. The smallest absolute Gasteiger partial charge is 0.225 e. The van der Waals surface area contributed by atoms with Gasteiger partial charge in [0, 0.05) is 11.5 Å². The molecule has 0 amide bonds. The molecule has 1 unspecified atom stereocenters. The van der Waals surface area contributed by atoms with E-state index in [0.29, 0.717) is 0 Å². The lowest BCUT2D eigenvalue weighted by atomic mass is 10.1. The number of hydrogen-bond acceptors (Lipinski definition) is 5. The summed E-state index contributed by atoms with van der Waals surface area (Å²) in [5, 5.41) is 11.3. The minimum absolute atomic E-state index is 0.228. The van der Waals surface area contributed by atoms with Crippen molar-refractivity contribution in [3.8, 4) is 0 Å². The Bertz CT molecular complexity index is 373. The number of nitrogens with one attached hydrogen (secondary N) is 1. The molecular weight excluding hydrogens is 196 g/mol. The van der Waals surface area contributed by atoms with Crippen molar-refractivity contribution in [2.45, 2.75) is 13.0 Å². The summed E-state index contributed by atoms with van der Waals surface area (Å²) in [6.45, 7) is 2.08. The topological polar surface area (TPSA) is 50.7 Å². The molecule has 0 saturated carbocycles. The Hall–Kier alpha value is -1.49. The summed E-state index contributed by atoms with van der Waals surface area (Å²) < 4.78 is 3.69. The molecule has 0 radical (unpaired) electrons. The molecule has 1 aromatic carbocycles. The fourth-order valence-electron chi connectivity index (χ4n) is 1.20. The Morgan fingerprint density at radius 1 is 1.29 bits per heavy atom. The maximum Gasteiger partial charge on any atom is 0.225 e. The van der Waals surface area contributed by atoms with Crippen molar-refractivity contribution in [1.82, 2.24) is 14.8 Å². The van der Waals surface area contributed by atoms with Gasteiger partial charge in [-0.1, -0.05) is 39.9 Å². The van der Waals surface area contributed by atoms with E-state index in [9.17, 15) is 0 Å². The molecule has 0 saturated heterocycles. The second-order valence-electron chi connectivity index (χ2n) is 2.94. The maximum absolute atomic E-state index is 3.83. The van der Waals surface area contributed by atoms with Gasteiger partial charge in [0.1, 0.15) is 0 Å². The Kier molecular flexibility index (Phi) is 2.69. The van der Waals surface area contributed by atoms with Gasteiger partial charge in [-0.15, -0.1) is 0 Å². The van der Waals surface area contributed by atoms with Crippen molar-refractivity contribution in [3.05, 3.63) is 35.9 Å². The minimum Gasteiger partial charge on any atom is -0.352 e. The van der Waals surface area contributed by atoms with E-state index in [0.717, 1.165) is 5.13 Å². The molecule has 14 heavy (non-hydrogen) atoms. The summed E-state index contributed by atoms with van der Waals surface area (Å²) in [5.41, 5.74) is 1.22. The monoisotopic (exact) mass is 206 g/mol. The van der Waals surface area contributed by atoms with Crippen LogP contribution in [0.2, 0.25) is 0 Å². The highest BCUT2D eigenvalue weighted by Crippen LogP contribution is 2.18. The molecule has 1 heterocycles. The molecular formula is C9H10N4S. The lowest BCUT2D eigenvalue weighted by Crippen LogP contribution is -2.05. The van der Waals surface area contributed by atoms with Gasteiger partial charge in [0.25, 0.3) is 0 Å². The number of anilines is 1. The van der Waals surface area contributed by atoms with Crippen LogP contribution in [0.15, 0.2) is 30.3 Å². The number of hydrogen-bond donors (Lipinski definition) is 1. The van der Waals surface area contributed by atoms with Crippen molar-refractivity contribution in [2.24, 2.45) is 0 Å². The second-order valence-corrected chi connectivity index (χ2v) is 3.68. The summed E-state index contributed by atoms with van der Waals surface area (Å²) in [5.74, 6) is 0. The van der Waals surface area contributed by atoms with Crippen LogP contribution in [0.3, 0.4) is 0 Å². The molecule has 4 nitrogen and oxygen atoms in total. The predicted octanol–water partition coefficient (Wildman–Crippen LogP) is 2.11. The van der Waals surface area contributed by atoms with E-state index < -0.39 is 0 Å². The summed E-state index contributed by atoms with van der Waals surface area (Å²) in [6, 6.07) is 10.4. The first-order chi connectivity index (χ1) is 6.86. The Morgan fingerprint density at radius 2 is 2.07 bits per heavy atom. The molecule has 1 N–H and O–H groups in total. The molecule has 5 heteroatoms. The molecule has 2 aromatic rings. The van der Waals surface area contributed by atoms with Gasteiger partial charge in [0.2, 0.25) is 5.13 Å². The lowest BCUT2D eigenvalue weighted by molar-refractivity contribution is 0.865. The molecule has 0 bridgehead atoms. The number of benzene rings is 1. The van der Waals surface area contributed by atoms with Crippen LogP contribution in [-0.4, -0.2) is 14.8 Å². The number of aromatic nitrogens is 3. The van der Waals surface area contributed by atoms with Crippen LogP contribution >= 0.6 is 11.5 Å². The highest BCUT2D eigenvalue weighted by atomic mass is 32.1. The van der Waals surface area contributed by atoms with E-state index >= 15 is 0 Å².